The Morgan fingerprint density at radius 2 is 0.844 bits per heavy atom. The van der Waals surface area contributed by atoms with Crippen molar-refractivity contribution in [3.63, 3.8) is 0 Å². The van der Waals surface area contributed by atoms with Crippen LogP contribution in [0.4, 0.5) is 0 Å². The Balaban J connectivity index is 0.000000205. The van der Waals surface area contributed by atoms with Crippen LogP contribution in [0, 0.1) is 13.0 Å². The first-order valence-electron chi connectivity index (χ1n) is 21.8. The molecule has 9 aromatic rings. The molecule has 11 rings (SSSR count). The highest BCUT2D eigenvalue weighted by Crippen LogP contribution is 2.42. The van der Waals surface area contributed by atoms with Crippen LogP contribution in [-0.4, -0.2) is 15.1 Å². The lowest BCUT2D eigenvalue weighted by atomic mass is 9.82. The number of aromatic nitrogens is 2. The molecule has 0 aliphatic heterocycles. The number of halogens is 2. The number of phenols is 1. The molecular formula is C59H59Br2N2O+. The van der Waals surface area contributed by atoms with E-state index in [1.165, 1.54) is 43.2 Å². The predicted molar refractivity (Wildman–Crippen MR) is 283 cm³/mol. The minimum Gasteiger partial charge on any atom is -0.508 e. The molecule has 0 atom stereocenters. The molecule has 1 saturated carbocycles. The molecule has 0 amide bonds. The van der Waals surface area contributed by atoms with E-state index in [4.69, 9.17) is 0 Å². The molecule has 324 valence electrons. The van der Waals surface area contributed by atoms with Crippen molar-refractivity contribution < 1.29 is 6.53 Å². The summed E-state index contributed by atoms with van der Waals surface area (Å²) in [7, 11) is 0. The van der Waals surface area contributed by atoms with E-state index in [0.29, 0.717) is 5.75 Å². The third kappa shape index (κ3) is 17.0. The van der Waals surface area contributed by atoms with Crippen molar-refractivity contribution in [2.75, 3.05) is 0 Å². The topological polar surface area (TPSA) is 51.8 Å². The predicted octanol–water partition coefficient (Wildman–Crippen LogP) is 17.8. The Morgan fingerprint density at radius 1 is 0.469 bits per heavy atom. The molecule has 3 nitrogen and oxygen atoms in total. The first-order chi connectivity index (χ1) is 31.5. The van der Waals surface area contributed by atoms with Crippen molar-refractivity contribution in [2.45, 2.75) is 44.9 Å². The lowest BCUT2D eigenvalue weighted by Crippen LogP contribution is -2.04. The van der Waals surface area contributed by atoms with E-state index in [-0.39, 0.29) is 7.34 Å². The zero-order valence-corrected chi connectivity index (χ0v) is 39.6. The fourth-order valence-corrected chi connectivity index (χ4v) is 7.65. The summed E-state index contributed by atoms with van der Waals surface area (Å²) >= 11 is 7.23. The van der Waals surface area contributed by atoms with E-state index in [1.54, 1.807) is 6.07 Å². The fourth-order valence-electron chi connectivity index (χ4n) is 6.93. The lowest BCUT2D eigenvalue weighted by Gasteiger charge is -2.20. The van der Waals surface area contributed by atoms with Gasteiger partial charge in [0.2, 0.25) is 0 Å². The first kappa shape index (κ1) is 48.5. The molecule has 7 aromatic carbocycles. The molecule has 0 spiro atoms. The van der Waals surface area contributed by atoms with Crippen LogP contribution in [-0.2, 0) is 0 Å². The van der Waals surface area contributed by atoms with E-state index in [1.807, 2.05) is 201 Å². The van der Waals surface area contributed by atoms with E-state index in [2.05, 4.69) is 90.6 Å². The monoisotopic (exact) mass is 969 g/mol. The molecule has 2 aliphatic carbocycles. The van der Waals surface area contributed by atoms with Crippen LogP contribution in [0.2, 0.25) is 0 Å². The number of hydrogen-bond donors (Lipinski definition) is 3. The van der Waals surface area contributed by atoms with Crippen molar-refractivity contribution in [3.05, 3.63) is 280 Å². The average Bonchev–Trinajstić information content (AvgIpc) is 4.18. The summed E-state index contributed by atoms with van der Waals surface area (Å²) in [6.07, 6.45) is 24.2. The van der Waals surface area contributed by atoms with Crippen molar-refractivity contribution in [1.29, 1.82) is 0 Å². The second-order valence-corrected chi connectivity index (χ2v) is 16.6. The number of aromatic amines is 2. The number of nitrogens with one attached hydrogen (secondary N) is 2. The Bertz CT molecular complexity index is 2330. The van der Waals surface area contributed by atoms with Gasteiger partial charge in [0.1, 0.15) is 17.9 Å². The average molecular weight is 972 g/mol. The fraction of sp³-hybridized carbons (Fsp3) is 0.119. The smallest absolute Gasteiger partial charge is 0.118 e. The molecule has 0 radical (unpaired) electrons. The number of hydrogen-bond acceptors (Lipinski definition) is 1. The van der Waals surface area contributed by atoms with Crippen molar-refractivity contribution >= 4 is 53.7 Å². The maximum absolute atomic E-state index is 10.4. The van der Waals surface area contributed by atoms with Crippen LogP contribution >= 0.6 is 31.9 Å². The van der Waals surface area contributed by atoms with Gasteiger partial charge in [-0.25, -0.2) is 0 Å². The molecule has 0 bridgehead atoms. The van der Waals surface area contributed by atoms with Gasteiger partial charge in [-0.15, -0.1) is 0 Å². The molecule has 5 heteroatoms. The summed E-state index contributed by atoms with van der Waals surface area (Å²) in [5, 5.41) is 12.8. The molecular weight excluding hydrogens is 912 g/mol. The molecule has 64 heavy (non-hydrogen) atoms. The number of phenolic OH excluding ortho intramolecular Hbond substituents is 1. The van der Waals surface area contributed by atoms with E-state index >= 15 is 0 Å². The highest BCUT2D eigenvalue weighted by molar-refractivity contribution is 9.10. The molecule has 2 aromatic heterocycles. The van der Waals surface area contributed by atoms with Gasteiger partial charge in [-0.3, -0.25) is 0 Å². The van der Waals surface area contributed by atoms with Gasteiger partial charge in [0, 0.05) is 74.8 Å². The van der Waals surface area contributed by atoms with Gasteiger partial charge in [-0.05, 0) is 71.6 Å². The Hall–Kier alpha value is -6.49. The number of benzene rings is 7. The number of allylic oxidation sites excluding steroid dienone is 6. The second-order valence-electron chi connectivity index (χ2n) is 14.8. The molecule has 2 heterocycles. The van der Waals surface area contributed by atoms with E-state index < -0.39 is 0 Å². The third-order valence-corrected chi connectivity index (χ3v) is 11.1. The van der Waals surface area contributed by atoms with E-state index in [9.17, 15) is 5.11 Å². The number of aromatic hydroxyl groups is 1. The number of rotatable bonds is 3. The number of H-pyrrole nitrogens is 2. The molecule has 0 saturated heterocycles. The molecule has 3 N–H and O–H groups in total. The summed E-state index contributed by atoms with van der Waals surface area (Å²) in [5.41, 5.74) is 6.52. The standard InChI is InChI=1S/C24H18Br2N2O.4C6H6.C6H5.C5H10.H2/c1-13-16(3-2-4-23(13)29)24(19-11-27-21-7-5-14(25)9-17(19)21)20-12-28-22-8-6-15(26)10-18(20)22;5*1-2-4-6-5-3-1;1-2-4-5-3-1;/h2-12,24,27-29H,1H3;4*1-6H;1-5H;1-5H2;1H/q;;;;;+1;;. The first-order valence-corrected chi connectivity index (χ1v) is 23.3. The van der Waals surface area contributed by atoms with Crippen LogP contribution in [0.3, 0.4) is 0 Å². The Labute approximate surface area is 398 Å². The van der Waals surface area contributed by atoms with Crippen LogP contribution < -0.4 is 0 Å². The summed E-state index contributed by atoms with van der Waals surface area (Å²) < 4.78 is 2.08. The summed E-state index contributed by atoms with van der Waals surface area (Å²) in [6.45, 7) is 1.98. The van der Waals surface area contributed by atoms with Crippen molar-refractivity contribution in [3.8, 4) is 5.75 Å². The van der Waals surface area contributed by atoms with Crippen LogP contribution in [0.5, 0.6) is 5.75 Å². The zero-order chi connectivity index (χ0) is 44.9. The molecule has 2 aliphatic rings. The van der Waals surface area contributed by atoms with Crippen LogP contribution in [0.25, 0.3) is 21.8 Å². The van der Waals surface area contributed by atoms with Gasteiger partial charge in [-0.2, -0.15) is 0 Å². The minimum absolute atomic E-state index is 0. The maximum Gasteiger partial charge on any atom is 0.118 e. The largest absolute Gasteiger partial charge is 0.508 e. The van der Waals surface area contributed by atoms with Gasteiger partial charge in [-0.1, -0.05) is 222 Å². The van der Waals surface area contributed by atoms with Crippen LogP contribution in [0.15, 0.2) is 252 Å². The Kier molecular flexibility index (Phi) is 22.0. The van der Waals surface area contributed by atoms with Gasteiger partial charge in [0.25, 0.3) is 0 Å². The maximum atomic E-state index is 10.4. The Morgan fingerprint density at radius 3 is 1.14 bits per heavy atom. The summed E-state index contributed by atoms with van der Waals surface area (Å²) in [5.74, 6) is 0.280. The summed E-state index contributed by atoms with van der Waals surface area (Å²) in [6, 6.07) is 66.3. The molecule has 1 fully saturated rings. The highest BCUT2D eigenvalue weighted by Gasteiger charge is 2.25. The molecule has 0 unspecified atom stereocenters. The zero-order valence-electron chi connectivity index (χ0n) is 36.4. The van der Waals surface area contributed by atoms with Gasteiger partial charge >= 0.3 is 0 Å². The quantitative estimate of drug-likeness (QED) is 0.152. The van der Waals surface area contributed by atoms with Gasteiger partial charge < -0.3 is 15.1 Å². The summed E-state index contributed by atoms with van der Waals surface area (Å²) in [4.78, 5) is 6.84. The SMILES string of the molecule is C1CCCC1.Cc1c(O)cccc1C(c1c[nH]c2ccc(Br)cc12)c1c[nH]c2ccc(Br)cc12.[C+]1=CC=CC=C1.[HH].c1ccccc1.c1ccccc1.c1ccccc1.c1ccccc1. The van der Waals surface area contributed by atoms with Crippen molar-refractivity contribution in [1.82, 2.24) is 9.97 Å². The van der Waals surface area contributed by atoms with Crippen molar-refractivity contribution in [2.24, 2.45) is 0 Å². The normalized spacial score (nSPS) is 11.6. The van der Waals surface area contributed by atoms with E-state index in [0.717, 1.165) is 41.9 Å². The van der Waals surface area contributed by atoms with Crippen LogP contribution in [0.1, 0.15) is 61.7 Å². The third-order valence-electron chi connectivity index (χ3n) is 10.2. The second kappa shape index (κ2) is 29.0. The number of fused-ring (bicyclic) bond motifs is 2. The van der Waals surface area contributed by atoms with Gasteiger partial charge in [0.05, 0.1) is 0 Å². The lowest BCUT2D eigenvalue weighted by molar-refractivity contribution is 0.470. The highest BCUT2D eigenvalue weighted by atomic mass is 79.9. The minimum atomic E-state index is -0.0341. The van der Waals surface area contributed by atoms with Gasteiger partial charge in [0.15, 0.2) is 0 Å².